The molecule has 1 unspecified atom stereocenters. The quantitative estimate of drug-likeness (QED) is 0.839. The summed E-state index contributed by atoms with van der Waals surface area (Å²) in [6.45, 7) is 4.82. The molecule has 0 aromatic heterocycles. The van der Waals surface area contributed by atoms with Crippen molar-refractivity contribution in [1.29, 1.82) is 0 Å². The fourth-order valence-electron chi connectivity index (χ4n) is 3.02. The number of likely N-dealkylation sites (tertiary alicyclic amines) is 1. The van der Waals surface area contributed by atoms with Gasteiger partial charge in [0.25, 0.3) is 5.91 Å². The molecule has 0 aliphatic carbocycles. The van der Waals surface area contributed by atoms with Gasteiger partial charge < -0.3 is 4.90 Å². The third-order valence-corrected chi connectivity index (χ3v) is 5.05. The molecule has 1 fully saturated rings. The molecule has 118 valence electrons. The Morgan fingerprint density at radius 2 is 1.91 bits per heavy atom. The van der Waals surface area contributed by atoms with E-state index in [1.807, 2.05) is 6.92 Å². The van der Waals surface area contributed by atoms with E-state index in [4.69, 9.17) is 23.2 Å². The third kappa shape index (κ3) is 3.14. The van der Waals surface area contributed by atoms with Crippen LogP contribution in [-0.4, -0.2) is 36.2 Å². The number of carbonyl (C=O) groups is 1. The van der Waals surface area contributed by atoms with Crippen molar-refractivity contribution in [2.45, 2.75) is 26.2 Å². The zero-order chi connectivity index (χ0) is 15.7. The van der Waals surface area contributed by atoms with E-state index in [2.05, 4.69) is 10.0 Å². The zero-order valence-electron chi connectivity index (χ0n) is 12.6. The molecule has 2 heterocycles. The minimum Gasteiger partial charge on any atom is -0.302 e. The number of amides is 1. The highest BCUT2D eigenvalue weighted by Crippen LogP contribution is 2.30. The normalized spacial score (nSPS) is 23.0. The van der Waals surface area contributed by atoms with Gasteiger partial charge in [-0.05, 0) is 51.1 Å². The summed E-state index contributed by atoms with van der Waals surface area (Å²) in [4.78, 5) is 15.1. The number of benzene rings is 1. The van der Waals surface area contributed by atoms with E-state index in [-0.39, 0.29) is 11.8 Å². The van der Waals surface area contributed by atoms with Crippen molar-refractivity contribution in [3.63, 3.8) is 0 Å². The Kier molecular flexibility index (Phi) is 4.71. The summed E-state index contributed by atoms with van der Waals surface area (Å²) in [6.07, 6.45) is 3.72. The van der Waals surface area contributed by atoms with E-state index in [1.165, 1.54) is 24.3 Å². The standard InChI is InChI=1S/C16H19Cl2N3O/c1-11-13(10-20-7-3-2-4-8-20)16(22)21(19-11)12-5-6-14(17)15(18)9-12/h5-6,9,13H,2-4,7-8,10H2,1H3. The van der Waals surface area contributed by atoms with Gasteiger partial charge in [-0.2, -0.15) is 5.10 Å². The second-order valence-electron chi connectivity index (χ2n) is 5.90. The molecule has 22 heavy (non-hydrogen) atoms. The summed E-state index contributed by atoms with van der Waals surface area (Å²) in [5.74, 6) is -0.144. The highest BCUT2D eigenvalue weighted by atomic mass is 35.5. The summed E-state index contributed by atoms with van der Waals surface area (Å²) >= 11 is 12.0. The van der Waals surface area contributed by atoms with Crippen molar-refractivity contribution in [3.05, 3.63) is 28.2 Å². The predicted octanol–water partition coefficient (Wildman–Crippen LogP) is 3.82. The van der Waals surface area contributed by atoms with Crippen molar-refractivity contribution >= 4 is 40.5 Å². The van der Waals surface area contributed by atoms with Gasteiger partial charge in [0.2, 0.25) is 0 Å². The van der Waals surface area contributed by atoms with Gasteiger partial charge in [-0.15, -0.1) is 0 Å². The Bertz CT molecular complexity index is 611. The summed E-state index contributed by atoms with van der Waals surface area (Å²) in [6, 6.07) is 5.14. The molecule has 0 bridgehead atoms. The van der Waals surface area contributed by atoms with Crippen molar-refractivity contribution < 1.29 is 4.79 Å². The number of nitrogens with zero attached hydrogens (tertiary/aromatic N) is 3. The summed E-state index contributed by atoms with van der Waals surface area (Å²) < 4.78 is 0. The fraction of sp³-hybridized carbons (Fsp3) is 0.500. The monoisotopic (exact) mass is 339 g/mol. The topological polar surface area (TPSA) is 35.9 Å². The van der Waals surface area contributed by atoms with Gasteiger partial charge in [0, 0.05) is 12.3 Å². The first-order chi connectivity index (χ1) is 10.6. The lowest BCUT2D eigenvalue weighted by Gasteiger charge is -2.28. The molecule has 6 heteroatoms. The lowest BCUT2D eigenvalue weighted by Crippen LogP contribution is -2.40. The average molecular weight is 340 g/mol. The van der Waals surface area contributed by atoms with E-state index in [1.54, 1.807) is 18.2 Å². The largest absolute Gasteiger partial charge is 0.302 e. The second kappa shape index (κ2) is 6.57. The molecule has 0 radical (unpaired) electrons. The number of anilines is 1. The van der Waals surface area contributed by atoms with Crippen LogP contribution in [0.4, 0.5) is 5.69 Å². The molecule has 2 aliphatic heterocycles. The van der Waals surface area contributed by atoms with E-state index < -0.39 is 0 Å². The van der Waals surface area contributed by atoms with Crippen LogP contribution in [0, 0.1) is 5.92 Å². The fourth-order valence-corrected chi connectivity index (χ4v) is 3.31. The molecule has 0 N–H and O–H groups in total. The minimum absolute atomic E-state index is 0.0152. The maximum atomic E-state index is 12.7. The van der Waals surface area contributed by atoms with Gasteiger partial charge in [-0.1, -0.05) is 29.6 Å². The summed E-state index contributed by atoms with van der Waals surface area (Å²) in [7, 11) is 0. The van der Waals surface area contributed by atoms with Gasteiger partial charge in [0.1, 0.15) is 0 Å². The SMILES string of the molecule is CC1=NN(c2ccc(Cl)c(Cl)c2)C(=O)C1CN1CCCCC1. The molecule has 1 atom stereocenters. The summed E-state index contributed by atoms with van der Waals surface area (Å²) in [5, 5.41) is 6.78. The van der Waals surface area contributed by atoms with Gasteiger partial charge in [-0.3, -0.25) is 4.79 Å². The van der Waals surface area contributed by atoms with Crippen LogP contribution in [0.3, 0.4) is 0 Å². The Morgan fingerprint density at radius 3 is 2.59 bits per heavy atom. The molecule has 0 saturated carbocycles. The van der Waals surface area contributed by atoms with Crippen LogP contribution in [-0.2, 0) is 4.79 Å². The highest BCUT2D eigenvalue weighted by Gasteiger charge is 2.35. The molecule has 0 spiro atoms. The molecule has 1 aromatic rings. The number of halogens is 2. The molecular weight excluding hydrogens is 321 g/mol. The van der Waals surface area contributed by atoms with Crippen LogP contribution < -0.4 is 5.01 Å². The number of hydrogen-bond acceptors (Lipinski definition) is 3. The Morgan fingerprint density at radius 1 is 1.18 bits per heavy atom. The first-order valence-electron chi connectivity index (χ1n) is 7.63. The molecule has 4 nitrogen and oxygen atoms in total. The second-order valence-corrected chi connectivity index (χ2v) is 6.72. The number of hydrazone groups is 1. The first-order valence-corrected chi connectivity index (χ1v) is 8.38. The van der Waals surface area contributed by atoms with Crippen LogP contribution in [0.15, 0.2) is 23.3 Å². The van der Waals surface area contributed by atoms with Gasteiger partial charge in [0.15, 0.2) is 0 Å². The average Bonchev–Trinajstić information content (AvgIpc) is 2.79. The molecule has 1 saturated heterocycles. The maximum Gasteiger partial charge on any atom is 0.257 e. The van der Waals surface area contributed by atoms with E-state index >= 15 is 0 Å². The molecule has 2 aliphatic rings. The van der Waals surface area contributed by atoms with Gasteiger partial charge in [0.05, 0.1) is 21.7 Å². The molecular formula is C16H19Cl2N3O. The summed E-state index contributed by atoms with van der Waals surface area (Å²) in [5.41, 5.74) is 1.53. The van der Waals surface area contributed by atoms with Crippen molar-refractivity contribution in [1.82, 2.24) is 4.90 Å². The van der Waals surface area contributed by atoms with Crippen LogP contribution >= 0.6 is 23.2 Å². The number of hydrogen-bond donors (Lipinski definition) is 0. The van der Waals surface area contributed by atoms with Crippen LogP contribution in [0.5, 0.6) is 0 Å². The van der Waals surface area contributed by atoms with Crippen LogP contribution in [0.25, 0.3) is 0 Å². The Hall–Kier alpha value is -1.10. The molecule has 1 aromatic carbocycles. The predicted molar refractivity (Wildman–Crippen MR) is 90.8 cm³/mol. The van der Waals surface area contributed by atoms with Crippen molar-refractivity contribution in [3.8, 4) is 0 Å². The van der Waals surface area contributed by atoms with Crippen LogP contribution in [0.2, 0.25) is 10.0 Å². The first kappa shape index (κ1) is 15.8. The molecule has 3 rings (SSSR count). The Labute approximate surface area is 140 Å². The Balaban J connectivity index is 1.75. The highest BCUT2D eigenvalue weighted by molar-refractivity contribution is 6.42. The van der Waals surface area contributed by atoms with Crippen molar-refractivity contribution in [2.24, 2.45) is 11.0 Å². The maximum absolute atomic E-state index is 12.7. The van der Waals surface area contributed by atoms with Gasteiger partial charge in [-0.25, -0.2) is 5.01 Å². The third-order valence-electron chi connectivity index (χ3n) is 4.31. The van der Waals surface area contributed by atoms with Crippen LogP contribution in [0.1, 0.15) is 26.2 Å². The minimum atomic E-state index is -0.160. The van der Waals surface area contributed by atoms with E-state index in [0.29, 0.717) is 15.7 Å². The zero-order valence-corrected chi connectivity index (χ0v) is 14.1. The van der Waals surface area contributed by atoms with E-state index in [9.17, 15) is 4.79 Å². The van der Waals surface area contributed by atoms with Gasteiger partial charge >= 0.3 is 0 Å². The van der Waals surface area contributed by atoms with E-state index in [0.717, 1.165) is 25.3 Å². The smallest absolute Gasteiger partial charge is 0.257 e. The molecule has 1 amide bonds. The number of carbonyl (C=O) groups excluding carboxylic acids is 1. The lowest BCUT2D eigenvalue weighted by molar-refractivity contribution is -0.120. The lowest BCUT2D eigenvalue weighted by atomic mass is 10.0. The van der Waals surface area contributed by atoms with Crippen molar-refractivity contribution in [2.75, 3.05) is 24.6 Å². The number of piperidine rings is 1. The number of rotatable bonds is 3.